The summed E-state index contributed by atoms with van der Waals surface area (Å²) in [5.41, 5.74) is 1.90. The molecule has 0 aliphatic carbocycles. The maximum atomic E-state index is 11.7. The van der Waals surface area contributed by atoms with Gasteiger partial charge < -0.3 is 0 Å². The van der Waals surface area contributed by atoms with E-state index in [1.807, 2.05) is 28.3 Å². The van der Waals surface area contributed by atoms with Gasteiger partial charge in [-0.1, -0.05) is 0 Å². The Morgan fingerprint density at radius 3 is 2.86 bits per heavy atom. The van der Waals surface area contributed by atoms with Crippen molar-refractivity contribution in [3.63, 3.8) is 0 Å². The molecule has 0 fully saturated rings. The Hall–Kier alpha value is -0.450. The lowest BCUT2D eigenvalue weighted by Crippen LogP contribution is -2.00. The number of thiophene rings is 2. The van der Waals surface area contributed by atoms with Gasteiger partial charge in [-0.05, 0) is 44.4 Å². The molecule has 0 unspecified atom stereocenters. The molecule has 2 rings (SSSR count). The molecule has 0 saturated heterocycles. The quantitative estimate of drug-likeness (QED) is 0.780. The molecular formula is C10H7BrOS2. The molecule has 0 radical (unpaired) electrons. The molecule has 0 bridgehead atoms. The maximum Gasteiger partial charge on any atom is 0.168 e. The lowest BCUT2D eigenvalue weighted by Gasteiger charge is -1.94. The van der Waals surface area contributed by atoms with Gasteiger partial charge in [0.15, 0.2) is 5.78 Å². The van der Waals surface area contributed by atoms with Crippen LogP contribution in [0, 0.1) is 0 Å². The Balaban J connectivity index is 2.10. The van der Waals surface area contributed by atoms with Gasteiger partial charge in [0.2, 0.25) is 0 Å². The predicted molar refractivity (Wildman–Crippen MR) is 64.4 cm³/mol. The minimum absolute atomic E-state index is 0.186. The zero-order valence-electron chi connectivity index (χ0n) is 7.20. The van der Waals surface area contributed by atoms with Crippen molar-refractivity contribution in [1.82, 2.24) is 0 Å². The first-order chi connectivity index (χ1) is 6.75. The largest absolute Gasteiger partial charge is 0.294 e. The predicted octanol–water partition coefficient (Wildman–Crippen LogP) is 4.00. The van der Waals surface area contributed by atoms with Gasteiger partial charge in [-0.3, -0.25) is 4.79 Å². The summed E-state index contributed by atoms with van der Waals surface area (Å²) in [5, 5.41) is 5.89. The zero-order chi connectivity index (χ0) is 9.97. The molecule has 2 aromatic heterocycles. The highest BCUT2D eigenvalue weighted by Crippen LogP contribution is 2.22. The Labute approximate surface area is 98.5 Å². The minimum Gasteiger partial charge on any atom is -0.294 e. The van der Waals surface area contributed by atoms with Crippen LogP contribution >= 0.6 is 38.6 Å². The van der Waals surface area contributed by atoms with Gasteiger partial charge >= 0.3 is 0 Å². The molecule has 0 aromatic carbocycles. The van der Waals surface area contributed by atoms with Gasteiger partial charge in [-0.15, -0.1) is 11.3 Å². The van der Waals surface area contributed by atoms with Crippen molar-refractivity contribution >= 4 is 44.4 Å². The Morgan fingerprint density at radius 2 is 2.29 bits per heavy atom. The van der Waals surface area contributed by atoms with E-state index in [1.54, 1.807) is 22.7 Å². The third-order valence-corrected chi connectivity index (χ3v) is 4.07. The number of rotatable bonds is 3. The summed E-state index contributed by atoms with van der Waals surface area (Å²) < 4.78 is 1.01. The number of halogens is 1. The van der Waals surface area contributed by atoms with Crippen LogP contribution in [-0.2, 0) is 6.42 Å². The normalized spacial score (nSPS) is 10.4. The minimum atomic E-state index is 0.186. The molecule has 72 valence electrons. The number of Topliss-reactive ketones (excluding diaryl/α,β-unsaturated/α-hetero) is 1. The molecule has 0 aliphatic heterocycles. The molecule has 2 heterocycles. The summed E-state index contributed by atoms with van der Waals surface area (Å²) in [7, 11) is 0. The van der Waals surface area contributed by atoms with Crippen molar-refractivity contribution in [2.24, 2.45) is 0 Å². The SMILES string of the molecule is O=C(Cc1ccsc1)c1csc(Br)c1. The summed E-state index contributed by atoms with van der Waals surface area (Å²) in [6.07, 6.45) is 0.507. The molecular weight excluding hydrogens is 280 g/mol. The van der Waals surface area contributed by atoms with E-state index in [-0.39, 0.29) is 5.78 Å². The van der Waals surface area contributed by atoms with Gasteiger partial charge in [0.05, 0.1) is 3.79 Å². The average Bonchev–Trinajstić information content (AvgIpc) is 2.75. The van der Waals surface area contributed by atoms with Gasteiger partial charge in [0.25, 0.3) is 0 Å². The van der Waals surface area contributed by atoms with Crippen molar-refractivity contribution in [3.8, 4) is 0 Å². The van der Waals surface area contributed by atoms with Crippen LogP contribution in [0.4, 0.5) is 0 Å². The smallest absolute Gasteiger partial charge is 0.168 e. The second kappa shape index (κ2) is 4.38. The Kier molecular flexibility index (Phi) is 3.15. The maximum absolute atomic E-state index is 11.7. The summed E-state index contributed by atoms with van der Waals surface area (Å²) in [6.45, 7) is 0. The number of hydrogen-bond donors (Lipinski definition) is 0. The van der Waals surface area contributed by atoms with Gasteiger partial charge in [0, 0.05) is 17.4 Å². The number of hydrogen-bond acceptors (Lipinski definition) is 3. The molecule has 0 saturated carbocycles. The van der Waals surface area contributed by atoms with Crippen LogP contribution in [0.2, 0.25) is 0 Å². The molecule has 0 spiro atoms. The van der Waals surface area contributed by atoms with Crippen LogP contribution in [-0.4, -0.2) is 5.78 Å². The van der Waals surface area contributed by atoms with Crippen molar-refractivity contribution in [1.29, 1.82) is 0 Å². The Bertz CT molecular complexity index is 431. The van der Waals surface area contributed by atoms with Crippen LogP contribution < -0.4 is 0 Å². The standard InChI is InChI=1S/C10H7BrOS2/c11-10-4-8(6-14-10)9(12)3-7-1-2-13-5-7/h1-2,4-6H,3H2. The first-order valence-corrected chi connectivity index (χ1v) is 6.65. The average molecular weight is 287 g/mol. The molecule has 1 nitrogen and oxygen atoms in total. The van der Waals surface area contributed by atoms with E-state index in [1.165, 1.54) is 0 Å². The fourth-order valence-corrected chi connectivity index (χ4v) is 2.97. The van der Waals surface area contributed by atoms with Crippen LogP contribution in [0.3, 0.4) is 0 Å². The van der Waals surface area contributed by atoms with E-state index in [0.717, 1.165) is 14.9 Å². The second-order valence-electron chi connectivity index (χ2n) is 2.87. The molecule has 4 heteroatoms. The first-order valence-electron chi connectivity index (χ1n) is 4.04. The van der Waals surface area contributed by atoms with Crippen molar-refractivity contribution in [3.05, 3.63) is 43.2 Å². The fourth-order valence-electron chi connectivity index (χ4n) is 1.14. The molecule has 0 atom stereocenters. The van der Waals surface area contributed by atoms with E-state index in [9.17, 15) is 4.79 Å². The van der Waals surface area contributed by atoms with E-state index in [4.69, 9.17) is 0 Å². The van der Waals surface area contributed by atoms with Crippen LogP contribution in [0.15, 0.2) is 32.1 Å². The van der Waals surface area contributed by atoms with E-state index >= 15 is 0 Å². The highest BCUT2D eigenvalue weighted by molar-refractivity contribution is 9.11. The first kappa shape index (κ1) is 10.1. The molecule has 0 aliphatic rings. The highest BCUT2D eigenvalue weighted by Gasteiger charge is 2.08. The lowest BCUT2D eigenvalue weighted by atomic mass is 10.1. The molecule has 2 aromatic rings. The number of ketones is 1. The zero-order valence-corrected chi connectivity index (χ0v) is 10.4. The summed E-state index contributed by atoms with van der Waals surface area (Å²) >= 11 is 6.51. The van der Waals surface area contributed by atoms with Crippen LogP contribution in [0.5, 0.6) is 0 Å². The van der Waals surface area contributed by atoms with Crippen LogP contribution in [0.1, 0.15) is 15.9 Å². The summed E-state index contributed by atoms with van der Waals surface area (Å²) in [4.78, 5) is 11.7. The number of carbonyl (C=O) groups is 1. The molecule has 14 heavy (non-hydrogen) atoms. The molecule has 0 N–H and O–H groups in total. The third-order valence-electron chi connectivity index (χ3n) is 1.83. The van der Waals surface area contributed by atoms with Crippen LogP contribution in [0.25, 0.3) is 0 Å². The van der Waals surface area contributed by atoms with E-state index in [0.29, 0.717) is 6.42 Å². The van der Waals surface area contributed by atoms with Crippen molar-refractivity contribution < 1.29 is 4.79 Å². The summed E-state index contributed by atoms with van der Waals surface area (Å²) in [6, 6.07) is 3.86. The van der Waals surface area contributed by atoms with Gasteiger partial charge in [-0.2, -0.15) is 11.3 Å². The van der Waals surface area contributed by atoms with Crippen molar-refractivity contribution in [2.45, 2.75) is 6.42 Å². The fraction of sp³-hybridized carbons (Fsp3) is 0.100. The Morgan fingerprint density at radius 1 is 1.43 bits per heavy atom. The van der Waals surface area contributed by atoms with E-state index in [2.05, 4.69) is 15.9 Å². The topological polar surface area (TPSA) is 17.1 Å². The third kappa shape index (κ3) is 2.32. The molecule has 0 amide bonds. The van der Waals surface area contributed by atoms with Gasteiger partial charge in [0.1, 0.15) is 0 Å². The monoisotopic (exact) mass is 286 g/mol. The lowest BCUT2D eigenvalue weighted by molar-refractivity contribution is 0.0993. The number of carbonyl (C=O) groups excluding carboxylic acids is 1. The van der Waals surface area contributed by atoms with Gasteiger partial charge in [-0.25, -0.2) is 0 Å². The highest BCUT2D eigenvalue weighted by atomic mass is 79.9. The second-order valence-corrected chi connectivity index (χ2v) is 5.94. The van der Waals surface area contributed by atoms with Crippen molar-refractivity contribution in [2.75, 3.05) is 0 Å². The summed E-state index contributed by atoms with van der Waals surface area (Å²) in [5.74, 6) is 0.186. The van der Waals surface area contributed by atoms with E-state index < -0.39 is 0 Å².